The van der Waals surface area contributed by atoms with E-state index in [1.54, 1.807) is 0 Å². The highest BCUT2D eigenvalue weighted by Crippen LogP contribution is 2.33. The zero-order valence-electron chi connectivity index (χ0n) is 9.18. The third-order valence-electron chi connectivity index (χ3n) is 3.22. The Morgan fingerprint density at radius 2 is 2.07 bits per heavy atom. The predicted octanol–water partition coefficient (Wildman–Crippen LogP) is 2.16. The van der Waals surface area contributed by atoms with Gasteiger partial charge in [0, 0.05) is 11.6 Å². The van der Waals surface area contributed by atoms with Gasteiger partial charge in [0.2, 0.25) is 0 Å². The van der Waals surface area contributed by atoms with E-state index in [4.69, 9.17) is 5.11 Å². The van der Waals surface area contributed by atoms with E-state index in [1.807, 2.05) is 0 Å². The average Bonchev–Trinajstić information content (AvgIpc) is 2.51. The van der Waals surface area contributed by atoms with Crippen LogP contribution in [0.2, 0.25) is 0 Å². The van der Waals surface area contributed by atoms with Crippen LogP contribution >= 0.6 is 0 Å². The molecule has 14 heavy (non-hydrogen) atoms. The second-order valence-corrected chi connectivity index (χ2v) is 4.51. The molecule has 0 spiro atoms. The molecular weight excluding hydrogens is 178 g/mol. The maximum absolute atomic E-state index is 10.8. The molecule has 1 unspecified atom stereocenters. The molecule has 0 bridgehead atoms. The summed E-state index contributed by atoms with van der Waals surface area (Å²) >= 11 is 0. The molecule has 0 aliphatic heterocycles. The smallest absolute Gasteiger partial charge is 0.305 e. The van der Waals surface area contributed by atoms with Crippen LogP contribution in [0.3, 0.4) is 0 Å². The van der Waals surface area contributed by atoms with Crippen molar-refractivity contribution in [2.24, 2.45) is 0 Å². The van der Waals surface area contributed by atoms with Gasteiger partial charge in [0.15, 0.2) is 0 Å². The predicted molar refractivity (Wildman–Crippen MR) is 56.3 cm³/mol. The third kappa shape index (κ3) is 2.98. The summed E-state index contributed by atoms with van der Waals surface area (Å²) in [4.78, 5) is 10.8. The summed E-state index contributed by atoms with van der Waals surface area (Å²) in [7, 11) is 0. The van der Waals surface area contributed by atoms with Gasteiger partial charge in [0.1, 0.15) is 0 Å². The molecule has 0 aromatic rings. The van der Waals surface area contributed by atoms with E-state index in [0.29, 0.717) is 6.04 Å². The van der Waals surface area contributed by atoms with Gasteiger partial charge in [0.05, 0.1) is 6.42 Å². The molecule has 0 aromatic heterocycles. The molecule has 1 rings (SSSR count). The summed E-state index contributed by atoms with van der Waals surface area (Å²) in [6.45, 7) is 4.25. The van der Waals surface area contributed by atoms with Gasteiger partial charge in [-0.3, -0.25) is 4.79 Å². The molecule has 0 saturated heterocycles. The first-order valence-corrected chi connectivity index (χ1v) is 5.57. The van der Waals surface area contributed by atoms with E-state index in [2.05, 4.69) is 19.2 Å². The molecule has 1 saturated carbocycles. The summed E-state index contributed by atoms with van der Waals surface area (Å²) in [5, 5.41) is 12.4. The highest BCUT2D eigenvalue weighted by Gasteiger charge is 2.36. The summed E-state index contributed by atoms with van der Waals surface area (Å²) in [5.41, 5.74) is -0.110. The normalized spacial score (nSPS) is 22.1. The molecule has 1 fully saturated rings. The number of aliphatic carboxylic acids is 1. The van der Waals surface area contributed by atoms with Crippen molar-refractivity contribution in [3.8, 4) is 0 Å². The fourth-order valence-corrected chi connectivity index (χ4v) is 2.34. The van der Waals surface area contributed by atoms with Crippen molar-refractivity contribution < 1.29 is 9.90 Å². The first-order valence-electron chi connectivity index (χ1n) is 5.57. The largest absolute Gasteiger partial charge is 0.481 e. The first kappa shape index (κ1) is 11.5. The Morgan fingerprint density at radius 1 is 1.50 bits per heavy atom. The van der Waals surface area contributed by atoms with E-state index in [9.17, 15) is 4.79 Å². The van der Waals surface area contributed by atoms with Crippen LogP contribution in [0.25, 0.3) is 0 Å². The number of rotatable bonds is 5. The van der Waals surface area contributed by atoms with Gasteiger partial charge in [0.25, 0.3) is 0 Å². The maximum atomic E-state index is 10.8. The fraction of sp³-hybridized carbons (Fsp3) is 0.909. The molecular formula is C11H21NO2. The summed E-state index contributed by atoms with van der Waals surface area (Å²) in [6.07, 6.45) is 5.69. The van der Waals surface area contributed by atoms with Crippen molar-refractivity contribution in [3.05, 3.63) is 0 Å². The summed E-state index contributed by atoms with van der Waals surface area (Å²) < 4.78 is 0. The monoisotopic (exact) mass is 199 g/mol. The van der Waals surface area contributed by atoms with Crippen LogP contribution in [-0.4, -0.2) is 22.7 Å². The van der Waals surface area contributed by atoms with Gasteiger partial charge in [-0.2, -0.15) is 0 Å². The first-order chi connectivity index (χ1) is 6.58. The van der Waals surface area contributed by atoms with Crippen molar-refractivity contribution in [3.63, 3.8) is 0 Å². The van der Waals surface area contributed by atoms with Crippen molar-refractivity contribution in [1.82, 2.24) is 5.32 Å². The average molecular weight is 199 g/mol. The molecule has 0 aromatic carbocycles. The van der Waals surface area contributed by atoms with Gasteiger partial charge < -0.3 is 10.4 Å². The summed E-state index contributed by atoms with van der Waals surface area (Å²) in [5.74, 6) is -0.678. The number of hydrogen-bond acceptors (Lipinski definition) is 2. The number of carboxylic acid groups (broad SMARTS) is 1. The third-order valence-corrected chi connectivity index (χ3v) is 3.22. The van der Waals surface area contributed by atoms with Crippen LogP contribution < -0.4 is 5.32 Å². The van der Waals surface area contributed by atoms with Gasteiger partial charge in [-0.1, -0.05) is 19.8 Å². The van der Waals surface area contributed by atoms with Crippen molar-refractivity contribution in [2.75, 3.05) is 0 Å². The second kappa shape index (κ2) is 4.78. The minimum Gasteiger partial charge on any atom is -0.481 e. The number of carbonyl (C=O) groups is 1. The maximum Gasteiger partial charge on any atom is 0.305 e. The van der Waals surface area contributed by atoms with E-state index in [0.717, 1.165) is 32.1 Å². The van der Waals surface area contributed by atoms with Crippen LogP contribution in [-0.2, 0) is 4.79 Å². The van der Waals surface area contributed by atoms with Crippen molar-refractivity contribution in [2.45, 2.75) is 64.0 Å². The van der Waals surface area contributed by atoms with Crippen LogP contribution in [0.15, 0.2) is 0 Å². The van der Waals surface area contributed by atoms with Crippen LogP contribution in [0, 0.1) is 0 Å². The minimum absolute atomic E-state index is 0.110. The Labute approximate surface area is 85.9 Å². The van der Waals surface area contributed by atoms with E-state index in [-0.39, 0.29) is 12.0 Å². The lowest BCUT2D eigenvalue weighted by Gasteiger charge is -2.32. The number of nitrogens with one attached hydrogen (secondary N) is 1. The van der Waals surface area contributed by atoms with Crippen LogP contribution in [0.5, 0.6) is 0 Å². The Kier molecular flexibility index (Phi) is 3.93. The topological polar surface area (TPSA) is 49.3 Å². The van der Waals surface area contributed by atoms with Gasteiger partial charge >= 0.3 is 5.97 Å². The number of hydrogen-bond donors (Lipinski definition) is 2. The number of carboxylic acids is 1. The molecule has 2 N–H and O–H groups in total. The highest BCUT2D eigenvalue weighted by atomic mass is 16.4. The van der Waals surface area contributed by atoms with Crippen LogP contribution in [0.4, 0.5) is 0 Å². The zero-order chi connectivity index (χ0) is 10.6. The minimum atomic E-state index is -0.678. The van der Waals surface area contributed by atoms with Crippen molar-refractivity contribution in [1.29, 1.82) is 0 Å². The molecule has 3 nitrogen and oxygen atoms in total. The molecule has 0 amide bonds. The van der Waals surface area contributed by atoms with E-state index in [1.165, 1.54) is 0 Å². The van der Waals surface area contributed by atoms with Gasteiger partial charge in [-0.05, 0) is 26.2 Å². The molecule has 1 aliphatic rings. The van der Waals surface area contributed by atoms with E-state index < -0.39 is 5.97 Å². The molecule has 1 atom stereocenters. The zero-order valence-corrected chi connectivity index (χ0v) is 9.18. The molecule has 0 heterocycles. The lowest BCUT2D eigenvalue weighted by Crippen LogP contribution is -2.48. The lowest BCUT2D eigenvalue weighted by molar-refractivity contribution is -0.138. The molecule has 82 valence electrons. The molecule has 3 heteroatoms. The molecule has 1 aliphatic carbocycles. The van der Waals surface area contributed by atoms with Crippen molar-refractivity contribution >= 4 is 5.97 Å². The highest BCUT2D eigenvalue weighted by molar-refractivity contribution is 5.68. The molecule has 0 radical (unpaired) electrons. The Hall–Kier alpha value is -0.570. The Balaban J connectivity index is 2.57. The SMILES string of the molecule is CCC(C)NC1(CC(=O)O)CCCC1. The summed E-state index contributed by atoms with van der Waals surface area (Å²) in [6, 6.07) is 0.424. The van der Waals surface area contributed by atoms with E-state index >= 15 is 0 Å². The lowest BCUT2D eigenvalue weighted by atomic mass is 9.92. The van der Waals surface area contributed by atoms with Gasteiger partial charge in [-0.25, -0.2) is 0 Å². The Morgan fingerprint density at radius 3 is 2.50 bits per heavy atom. The quantitative estimate of drug-likeness (QED) is 0.713. The fourth-order valence-electron chi connectivity index (χ4n) is 2.34. The van der Waals surface area contributed by atoms with Crippen LogP contribution in [0.1, 0.15) is 52.4 Å². The van der Waals surface area contributed by atoms with Gasteiger partial charge in [-0.15, -0.1) is 0 Å². The second-order valence-electron chi connectivity index (χ2n) is 4.51. The Bertz CT molecular complexity index is 197. The standard InChI is InChI=1S/C11H21NO2/c1-3-9(2)12-11(8-10(13)14)6-4-5-7-11/h9,12H,3-8H2,1-2H3,(H,13,14).